The maximum Gasteiger partial charge on any atom is 0.242 e. The number of benzene rings is 1. The fourth-order valence-electron chi connectivity index (χ4n) is 4.50. The topological polar surface area (TPSA) is 75.9 Å². The summed E-state index contributed by atoms with van der Waals surface area (Å²) in [6, 6.07) is 7.88. The van der Waals surface area contributed by atoms with E-state index >= 15 is 0 Å². The van der Waals surface area contributed by atoms with Crippen molar-refractivity contribution in [2.75, 3.05) is 33.3 Å². The summed E-state index contributed by atoms with van der Waals surface area (Å²) in [7, 11) is 1.66. The highest BCUT2D eigenvalue weighted by molar-refractivity contribution is 5.85. The Kier molecular flexibility index (Phi) is 6.89. The number of likely N-dealkylation sites (tertiary alicyclic amines) is 2. The number of piperidine rings is 1. The molecule has 7 nitrogen and oxygen atoms in total. The number of nitrogens with zero attached hydrogens (tertiary/aromatic N) is 3. The van der Waals surface area contributed by atoms with Crippen LogP contribution in [0, 0.1) is 0 Å². The third kappa shape index (κ3) is 5.27. The second-order valence-corrected chi connectivity index (χ2v) is 8.46. The minimum Gasteiger partial charge on any atom is -0.496 e. The van der Waals surface area contributed by atoms with Crippen LogP contribution in [0.15, 0.2) is 34.9 Å². The molecule has 2 aliphatic rings. The van der Waals surface area contributed by atoms with E-state index in [9.17, 15) is 9.59 Å². The van der Waals surface area contributed by atoms with Gasteiger partial charge >= 0.3 is 0 Å². The maximum absolute atomic E-state index is 12.9. The van der Waals surface area contributed by atoms with E-state index in [-0.39, 0.29) is 24.3 Å². The van der Waals surface area contributed by atoms with Crippen molar-refractivity contribution in [2.45, 2.75) is 50.9 Å². The number of carbonyl (C=O) groups excluding carboxylic acids is 2. The molecule has 7 heteroatoms. The summed E-state index contributed by atoms with van der Waals surface area (Å²) < 4.78 is 11.5. The van der Waals surface area contributed by atoms with Crippen molar-refractivity contribution in [1.82, 2.24) is 14.8 Å². The van der Waals surface area contributed by atoms with Gasteiger partial charge in [-0.15, -0.1) is 0 Å². The van der Waals surface area contributed by atoms with E-state index in [0.717, 1.165) is 55.7 Å². The third-order valence-electron chi connectivity index (χ3n) is 6.25. The molecule has 2 amide bonds. The average Bonchev–Trinajstić information content (AvgIpc) is 3.17. The monoisotopic (exact) mass is 425 g/mol. The number of ether oxygens (including phenoxy) is 1. The lowest BCUT2D eigenvalue weighted by molar-refractivity contribution is -0.141. The number of carbonyl (C=O) groups is 2. The lowest BCUT2D eigenvalue weighted by Crippen LogP contribution is -2.46. The minimum absolute atomic E-state index is 0.0285. The number of aromatic nitrogens is 1. The smallest absolute Gasteiger partial charge is 0.242 e. The van der Waals surface area contributed by atoms with Gasteiger partial charge in [0.15, 0.2) is 5.89 Å². The quantitative estimate of drug-likeness (QED) is 0.709. The Morgan fingerprint density at radius 3 is 2.94 bits per heavy atom. The van der Waals surface area contributed by atoms with Gasteiger partial charge in [-0.05, 0) is 31.7 Å². The highest BCUT2D eigenvalue weighted by atomic mass is 16.5. The molecular formula is C24H31N3O4. The van der Waals surface area contributed by atoms with Crippen LogP contribution in [0.3, 0.4) is 0 Å². The normalized spacial score (nSPS) is 19.9. The summed E-state index contributed by atoms with van der Waals surface area (Å²) in [5.41, 5.74) is 1.05. The van der Waals surface area contributed by atoms with Gasteiger partial charge in [0.2, 0.25) is 11.8 Å². The van der Waals surface area contributed by atoms with Crippen molar-refractivity contribution < 1.29 is 18.7 Å². The molecule has 0 spiro atoms. The molecule has 0 saturated carbocycles. The van der Waals surface area contributed by atoms with Crippen LogP contribution < -0.4 is 4.74 Å². The molecule has 2 fully saturated rings. The predicted molar refractivity (Wildman–Crippen MR) is 116 cm³/mol. The van der Waals surface area contributed by atoms with E-state index in [4.69, 9.17) is 9.15 Å². The summed E-state index contributed by atoms with van der Waals surface area (Å²) in [6.07, 6.45) is 7.77. The van der Waals surface area contributed by atoms with Gasteiger partial charge < -0.3 is 19.0 Å². The first-order valence-electron chi connectivity index (χ1n) is 11.3. The molecule has 31 heavy (non-hydrogen) atoms. The number of oxazole rings is 1. The largest absolute Gasteiger partial charge is 0.496 e. The summed E-state index contributed by atoms with van der Waals surface area (Å²) >= 11 is 0. The van der Waals surface area contributed by atoms with Crippen molar-refractivity contribution in [3.8, 4) is 5.75 Å². The zero-order valence-electron chi connectivity index (χ0n) is 18.2. The molecule has 166 valence electrons. The van der Waals surface area contributed by atoms with Gasteiger partial charge in [-0.25, -0.2) is 4.98 Å². The highest BCUT2D eigenvalue weighted by Gasteiger charge is 2.29. The number of hydrogen-bond acceptors (Lipinski definition) is 5. The van der Waals surface area contributed by atoms with E-state index in [0.29, 0.717) is 31.8 Å². The Labute approximate surface area is 183 Å². The number of methoxy groups -OCH3 is 1. The Morgan fingerprint density at radius 1 is 1.19 bits per heavy atom. The molecule has 4 rings (SSSR count). The van der Waals surface area contributed by atoms with Gasteiger partial charge in [0.05, 0.1) is 25.8 Å². The molecule has 2 aliphatic heterocycles. The molecule has 1 aromatic carbocycles. The minimum atomic E-state index is 0.0285. The van der Waals surface area contributed by atoms with Gasteiger partial charge in [-0.3, -0.25) is 9.59 Å². The lowest BCUT2D eigenvalue weighted by Gasteiger charge is -2.33. The Bertz CT molecular complexity index is 910. The predicted octanol–water partition coefficient (Wildman–Crippen LogP) is 3.38. The Hall–Kier alpha value is -2.83. The number of para-hydroxylation sites is 1. The Balaban J connectivity index is 1.37. The second kappa shape index (κ2) is 9.98. The van der Waals surface area contributed by atoms with E-state index in [2.05, 4.69) is 4.98 Å². The van der Waals surface area contributed by atoms with E-state index < -0.39 is 0 Å². The summed E-state index contributed by atoms with van der Waals surface area (Å²) in [5.74, 6) is 2.53. The molecule has 0 bridgehead atoms. The standard InChI is InChI=1S/C24H31N3O4/c1-30-21-10-5-4-8-18(21)14-20-15-25-24(31-20)19-9-7-13-26(16-19)23(29)17-27-12-6-2-3-11-22(27)28/h4-5,8,10,15,19H,2-3,6-7,9,11-14,16-17H2,1H3/t19-/m1/s1. The van der Waals surface area contributed by atoms with Crippen molar-refractivity contribution in [2.24, 2.45) is 0 Å². The van der Waals surface area contributed by atoms with Crippen LogP contribution >= 0.6 is 0 Å². The van der Waals surface area contributed by atoms with Gasteiger partial charge in [-0.1, -0.05) is 24.6 Å². The van der Waals surface area contributed by atoms with Crippen molar-refractivity contribution in [1.29, 1.82) is 0 Å². The molecule has 0 unspecified atom stereocenters. The first kappa shape index (κ1) is 21.4. The summed E-state index contributed by atoms with van der Waals surface area (Å²) in [6.45, 7) is 2.20. The molecule has 0 aliphatic carbocycles. The Morgan fingerprint density at radius 2 is 2.06 bits per heavy atom. The molecule has 3 heterocycles. The maximum atomic E-state index is 12.9. The second-order valence-electron chi connectivity index (χ2n) is 8.46. The summed E-state index contributed by atoms with van der Waals surface area (Å²) in [4.78, 5) is 33.2. The zero-order chi connectivity index (χ0) is 21.6. The van der Waals surface area contributed by atoms with Crippen molar-refractivity contribution in [3.05, 3.63) is 47.7 Å². The molecular weight excluding hydrogens is 394 g/mol. The summed E-state index contributed by atoms with van der Waals surface area (Å²) in [5, 5.41) is 0. The van der Waals surface area contributed by atoms with Crippen LogP contribution in [0.1, 0.15) is 61.7 Å². The molecule has 2 saturated heterocycles. The third-order valence-corrected chi connectivity index (χ3v) is 6.25. The van der Waals surface area contributed by atoms with E-state index in [1.54, 1.807) is 18.2 Å². The van der Waals surface area contributed by atoms with Crippen LogP contribution in [0.4, 0.5) is 0 Å². The van der Waals surface area contributed by atoms with Gasteiger partial charge in [0, 0.05) is 38.0 Å². The zero-order valence-corrected chi connectivity index (χ0v) is 18.2. The fourth-order valence-corrected chi connectivity index (χ4v) is 4.50. The van der Waals surface area contributed by atoms with Gasteiger partial charge in [0.1, 0.15) is 11.5 Å². The SMILES string of the molecule is COc1ccccc1Cc1cnc([C@@H]2CCCN(C(=O)CN3CCCCCC3=O)C2)o1. The molecule has 1 atom stereocenters. The lowest BCUT2D eigenvalue weighted by atomic mass is 9.98. The van der Waals surface area contributed by atoms with Crippen LogP contribution in [0.5, 0.6) is 5.75 Å². The van der Waals surface area contributed by atoms with Crippen LogP contribution in [0.2, 0.25) is 0 Å². The van der Waals surface area contributed by atoms with Crippen LogP contribution in [0.25, 0.3) is 0 Å². The molecule has 1 aromatic heterocycles. The van der Waals surface area contributed by atoms with Gasteiger partial charge in [0.25, 0.3) is 0 Å². The first-order valence-corrected chi connectivity index (χ1v) is 11.3. The van der Waals surface area contributed by atoms with Crippen LogP contribution in [-0.2, 0) is 16.0 Å². The van der Waals surface area contributed by atoms with Gasteiger partial charge in [-0.2, -0.15) is 0 Å². The number of rotatable bonds is 6. The molecule has 0 N–H and O–H groups in total. The number of hydrogen-bond donors (Lipinski definition) is 0. The molecule has 2 aromatic rings. The first-order chi connectivity index (χ1) is 15.1. The average molecular weight is 426 g/mol. The van der Waals surface area contributed by atoms with Crippen molar-refractivity contribution in [3.63, 3.8) is 0 Å². The molecule has 0 radical (unpaired) electrons. The van der Waals surface area contributed by atoms with E-state index in [1.165, 1.54) is 0 Å². The fraction of sp³-hybridized carbons (Fsp3) is 0.542. The number of amides is 2. The highest BCUT2D eigenvalue weighted by Crippen LogP contribution is 2.28. The van der Waals surface area contributed by atoms with E-state index in [1.807, 2.05) is 29.2 Å². The van der Waals surface area contributed by atoms with Crippen LogP contribution in [-0.4, -0.2) is 59.9 Å². The van der Waals surface area contributed by atoms with Crippen molar-refractivity contribution >= 4 is 11.8 Å².